The second-order valence-electron chi connectivity index (χ2n) is 3.53. The molecule has 0 unspecified atom stereocenters. The average molecular weight is 236 g/mol. The van der Waals surface area contributed by atoms with Crippen molar-refractivity contribution in [2.75, 3.05) is 6.54 Å². The fraction of sp³-hybridized carbons (Fsp3) is 0.250. The van der Waals surface area contributed by atoms with Gasteiger partial charge in [-0.25, -0.2) is 4.98 Å². The number of H-pyrrole nitrogens is 1. The molecule has 4 heteroatoms. The van der Waals surface area contributed by atoms with Crippen molar-refractivity contribution in [2.24, 2.45) is 0 Å². The molecule has 0 radical (unpaired) electrons. The first-order valence-electron chi connectivity index (χ1n) is 5.30. The van der Waals surface area contributed by atoms with E-state index in [2.05, 4.69) is 22.2 Å². The summed E-state index contributed by atoms with van der Waals surface area (Å²) in [7, 11) is 0. The number of aromatic amines is 1. The Balaban J connectivity index is 2.18. The summed E-state index contributed by atoms with van der Waals surface area (Å²) in [6, 6.07) is 7.73. The van der Waals surface area contributed by atoms with Gasteiger partial charge >= 0.3 is 0 Å². The van der Waals surface area contributed by atoms with E-state index in [1.165, 1.54) is 0 Å². The minimum atomic E-state index is 0.736. The Morgan fingerprint density at radius 3 is 3.06 bits per heavy atom. The molecule has 0 aliphatic rings. The van der Waals surface area contributed by atoms with E-state index in [1.807, 2.05) is 30.5 Å². The van der Waals surface area contributed by atoms with Gasteiger partial charge in [-0.05, 0) is 18.7 Å². The van der Waals surface area contributed by atoms with Crippen LogP contribution >= 0.6 is 11.6 Å². The minimum Gasteiger partial charge on any atom is -0.341 e. The molecule has 2 N–H and O–H groups in total. The van der Waals surface area contributed by atoms with E-state index in [9.17, 15) is 0 Å². The highest BCUT2D eigenvalue weighted by atomic mass is 35.5. The van der Waals surface area contributed by atoms with Gasteiger partial charge in [-0.2, -0.15) is 0 Å². The molecule has 0 amide bonds. The third-order valence-corrected chi connectivity index (χ3v) is 2.54. The van der Waals surface area contributed by atoms with Gasteiger partial charge in [0.05, 0.1) is 18.4 Å². The minimum absolute atomic E-state index is 0.736. The Morgan fingerprint density at radius 2 is 2.31 bits per heavy atom. The first-order valence-corrected chi connectivity index (χ1v) is 5.68. The zero-order chi connectivity index (χ0) is 11.4. The maximum Gasteiger partial charge on any atom is 0.120 e. The fourth-order valence-electron chi connectivity index (χ4n) is 1.50. The zero-order valence-corrected chi connectivity index (χ0v) is 9.88. The first kappa shape index (κ1) is 11.2. The lowest BCUT2D eigenvalue weighted by Crippen LogP contribution is -2.12. The van der Waals surface area contributed by atoms with E-state index in [4.69, 9.17) is 11.6 Å². The van der Waals surface area contributed by atoms with Crippen LogP contribution in [0, 0.1) is 0 Å². The van der Waals surface area contributed by atoms with Crippen LogP contribution in [-0.4, -0.2) is 16.5 Å². The highest BCUT2D eigenvalue weighted by Crippen LogP contribution is 2.20. The van der Waals surface area contributed by atoms with Gasteiger partial charge in [0.2, 0.25) is 0 Å². The van der Waals surface area contributed by atoms with Gasteiger partial charge in [-0.15, -0.1) is 0 Å². The molecule has 0 spiro atoms. The van der Waals surface area contributed by atoms with Crippen molar-refractivity contribution in [1.29, 1.82) is 0 Å². The molecule has 2 aromatic rings. The number of imidazole rings is 1. The summed E-state index contributed by atoms with van der Waals surface area (Å²) in [4.78, 5) is 7.56. The van der Waals surface area contributed by atoms with Crippen LogP contribution in [0.4, 0.5) is 0 Å². The topological polar surface area (TPSA) is 40.7 Å². The van der Waals surface area contributed by atoms with Crippen molar-refractivity contribution in [2.45, 2.75) is 13.5 Å². The normalized spacial score (nSPS) is 10.6. The van der Waals surface area contributed by atoms with Crippen LogP contribution in [0.15, 0.2) is 30.5 Å². The third-order valence-electron chi connectivity index (χ3n) is 2.31. The Bertz CT molecular complexity index is 465. The lowest BCUT2D eigenvalue weighted by Gasteiger charge is -1.98. The summed E-state index contributed by atoms with van der Waals surface area (Å²) < 4.78 is 0. The molecule has 0 saturated carbocycles. The van der Waals surface area contributed by atoms with Crippen molar-refractivity contribution >= 4 is 11.6 Å². The lowest BCUT2D eigenvalue weighted by molar-refractivity contribution is 0.698. The molecule has 16 heavy (non-hydrogen) atoms. The molecule has 2 rings (SSSR count). The molecule has 1 aromatic heterocycles. The van der Waals surface area contributed by atoms with Crippen molar-refractivity contribution in [3.63, 3.8) is 0 Å². The summed E-state index contributed by atoms with van der Waals surface area (Å²) in [5.41, 5.74) is 2.05. The van der Waals surface area contributed by atoms with Crippen LogP contribution < -0.4 is 5.32 Å². The number of benzene rings is 1. The summed E-state index contributed by atoms with van der Waals surface area (Å²) in [5, 5.41) is 3.96. The molecular formula is C12H14ClN3. The van der Waals surface area contributed by atoms with Gasteiger partial charge in [0.25, 0.3) is 0 Å². The van der Waals surface area contributed by atoms with E-state index >= 15 is 0 Å². The smallest absolute Gasteiger partial charge is 0.120 e. The molecule has 0 atom stereocenters. The highest BCUT2D eigenvalue weighted by Gasteiger charge is 2.02. The lowest BCUT2D eigenvalue weighted by atomic mass is 10.2. The van der Waals surface area contributed by atoms with Gasteiger partial charge in [-0.1, -0.05) is 30.7 Å². The second kappa shape index (κ2) is 5.14. The molecule has 0 aliphatic heterocycles. The first-order chi connectivity index (χ1) is 7.79. The SMILES string of the molecule is CCNCc1ncc(-c2cccc(Cl)c2)[nH]1. The van der Waals surface area contributed by atoms with Crippen molar-refractivity contribution in [1.82, 2.24) is 15.3 Å². The van der Waals surface area contributed by atoms with Gasteiger partial charge in [0.1, 0.15) is 5.82 Å². The fourth-order valence-corrected chi connectivity index (χ4v) is 1.69. The largest absolute Gasteiger partial charge is 0.341 e. The number of nitrogens with one attached hydrogen (secondary N) is 2. The Kier molecular flexibility index (Phi) is 3.59. The van der Waals surface area contributed by atoms with Crippen LogP contribution in [0.3, 0.4) is 0 Å². The molecule has 1 aromatic carbocycles. The monoisotopic (exact) mass is 235 g/mol. The molecule has 1 heterocycles. The summed E-state index contributed by atoms with van der Waals surface area (Å²) in [5.74, 6) is 0.942. The molecular weight excluding hydrogens is 222 g/mol. The molecule has 0 aliphatic carbocycles. The summed E-state index contributed by atoms with van der Waals surface area (Å²) >= 11 is 5.94. The number of hydrogen-bond donors (Lipinski definition) is 2. The van der Waals surface area contributed by atoms with Crippen LogP contribution in [-0.2, 0) is 6.54 Å². The molecule has 0 fully saturated rings. The average Bonchev–Trinajstić information content (AvgIpc) is 2.75. The maximum absolute atomic E-state index is 5.94. The molecule has 0 bridgehead atoms. The van der Waals surface area contributed by atoms with Gasteiger partial charge in [0.15, 0.2) is 0 Å². The maximum atomic E-state index is 5.94. The van der Waals surface area contributed by atoms with E-state index in [1.54, 1.807) is 0 Å². The zero-order valence-electron chi connectivity index (χ0n) is 9.13. The summed E-state index contributed by atoms with van der Waals surface area (Å²) in [6.07, 6.45) is 1.83. The van der Waals surface area contributed by atoms with Gasteiger partial charge in [-0.3, -0.25) is 0 Å². The van der Waals surface area contributed by atoms with Crippen molar-refractivity contribution < 1.29 is 0 Å². The number of halogens is 1. The highest BCUT2D eigenvalue weighted by molar-refractivity contribution is 6.30. The van der Waals surface area contributed by atoms with Crippen LogP contribution in [0.25, 0.3) is 11.3 Å². The second-order valence-corrected chi connectivity index (χ2v) is 3.97. The van der Waals surface area contributed by atoms with E-state index < -0.39 is 0 Å². The van der Waals surface area contributed by atoms with E-state index in [0.29, 0.717) is 0 Å². The number of nitrogens with zero attached hydrogens (tertiary/aromatic N) is 1. The predicted molar refractivity (Wildman–Crippen MR) is 66.4 cm³/mol. The molecule has 3 nitrogen and oxygen atoms in total. The Labute approximate surface area is 99.9 Å². The number of hydrogen-bond acceptors (Lipinski definition) is 2. The van der Waals surface area contributed by atoms with Crippen molar-refractivity contribution in [3.8, 4) is 11.3 Å². The number of aromatic nitrogens is 2. The van der Waals surface area contributed by atoms with Gasteiger partial charge < -0.3 is 10.3 Å². The quantitative estimate of drug-likeness (QED) is 0.856. The number of rotatable bonds is 4. The Hall–Kier alpha value is -1.32. The van der Waals surface area contributed by atoms with E-state index in [-0.39, 0.29) is 0 Å². The van der Waals surface area contributed by atoms with Crippen LogP contribution in [0.1, 0.15) is 12.7 Å². The van der Waals surface area contributed by atoms with Crippen molar-refractivity contribution in [3.05, 3.63) is 41.3 Å². The van der Waals surface area contributed by atoms with Crippen LogP contribution in [0.5, 0.6) is 0 Å². The Morgan fingerprint density at radius 1 is 1.44 bits per heavy atom. The summed E-state index contributed by atoms with van der Waals surface area (Å²) in [6.45, 7) is 3.77. The third kappa shape index (κ3) is 2.62. The standard InChI is InChI=1S/C12H14ClN3/c1-2-14-8-12-15-7-11(16-12)9-4-3-5-10(13)6-9/h3-7,14H,2,8H2,1H3,(H,15,16). The van der Waals surface area contributed by atoms with E-state index in [0.717, 1.165) is 35.2 Å². The van der Waals surface area contributed by atoms with Crippen LogP contribution in [0.2, 0.25) is 5.02 Å². The molecule has 84 valence electrons. The molecule has 0 saturated heterocycles. The predicted octanol–water partition coefficient (Wildman–Crippen LogP) is 2.84. The van der Waals surface area contributed by atoms with Gasteiger partial charge in [0, 0.05) is 10.6 Å².